The zero-order chi connectivity index (χ0) is 19.1. The molecule has 0 spiro atoms. The van der Waals surface area contributed by atoms with Gasteiger partial charge in [-0.2, -0.15) is 0 Å². The summed E-state index contributed by atoms with van der Waals surface area (Å²) in [6.07, 6.45) is 0.473. The molecule has 0 aliphatic carbocycles. The van der Waals surface area contributed by atoms with Gasteiger partial charge in [0.25, 0.3) is 0 Å². The van der Waals surface area contributed by atoms with Gasteiger partial charge in [0.15, 0.2) is 5.78 Å². The lowest BCUT2D eigenvalue weighted by molar-refractivity contribution is -0.126. The van der Waals surface area contributed by atoms with E-state index in [1.165, 1.54) is 6.92 Å². The number of hydrogen-bond donors (Lipinski definition) is 2. The van der Waals surface area contributed by atoms with Crippen LogP contribution in [-0.2, 0) is 16.0 Å². The molecule has 0 radical (unpaired) electrons. The standard InChI is InChI=1S/C20H22Cl2N2O2/c1-13(17-9-8-16(21)11-18(17)22)23-12-20(26)24-19(14(2)25)10-15-6-4-3-5-7-15/h3-9,11,13,19,23H,10,12H2,1-2H3,(H,24,26)/t13-,19-/m0/s1. The number of nitrogens with one attached hydrogen (secondary N) is 2. The number of hydrogen-bond acceptors (Lipinski definition) is 3. The second-order valence-corrected chi connectivity index (χ2v) is 7.03. The fraction of sp³-hybridized carbons (Fsp3) is 0.300. The third kappa shape index (κ3) is 6.13. The van der Waals surface area contributed by atoms with E-state index in [2.05, 4.69) is 10.6 Å². The summed E-state index contributed by atoms with van der Waals surface area (Å²) in [6, 6.07) is 14.2. The van der Waals surface area contributed by atoms with Crippen LogP contribution in [0.2, 0.25) is 10.0 Å². The molecule has 0 saturated carbocycles. The Morgan fingerprint density at radius 2 is 1.77 bits per heavy atom. The van der Waals surface area contributed by atoms with Crippen molar-refractivity contribution in [1.82, 2.24) is 10.6 Å². The molecule has 26 heavy (non-hydrogen) atoms. The van der Waals surface area contributed by atoms with E-state index in [0.717, 1.165) is 11.1 Å². The molecular formula is C20H22Cl2N2O2. The Hall–Kier alpha value is -1.88. The summed E-state index contributed by atoms with van der Waals surface area (Å²) in [6.45, 7) is 3.48. The molecule has 4 nitrogen and oxygen atoms in total. The third-order valence-electron chi connectivity index (χ3n) is 4.11. The lowest BCUT2D eigenvalue weighted by Crippen LogP contribution is -2.45. The van der Waals surface area contributed by atoms with Crippen LogP contribution in [0.1, 0.15) is 31.0 Å². The van der Waals surface area contributed by atoms with Crippen molar-refractivity contribution in [2.24, 2.45) is 0 Å². The highest BCUT2D eigenvalue weighted by Gasteiger charge is 2.18. The fourth-order valence-electron chi connectivity index (χ4n) is 2.60. The number of ketones is 1. The summed E-state index contributed by atoms with van der Waals surface area (Å²) in [7, 11) is 0. The Morgan fingerprint density at radius 3 is 2.38 bits per heavy atom. The molecule has 2 aromatic carbocycles. The van der Waals surface area contributed by atoms with Gasteiger partial charge in [-0.15, -0.1) is 0 Å². The highest BCUT2D eigenvalue weighted by Crippen LogP contribution is 2.25. The zero-order valence-corrected chi connectivity index (χ0v) is 16.3. The molecule has 138 valence electrons. The molecule has 6 heteroatoms. The molecule has 0 unspecified atom stereocenters. The van der Waals surface area contributed by atoms with Crippen LogP contribution in [-0.4, -0.2) is 24.3 Å². The summed E-state index contributed by atoms with van der Waals surface area (Å²) in [5, 5.41) is 7.02. The van der Waals surface area contributed by atoms with Crippen molar-refractivity contribution in [2.45, 2.75) is 32.4 Å². The normalized spacial score (nSPS) is 13.1. The summed E-state index contributed by atoms with van der Waals surface area (Å²) in [4.78, 5) is 24.1. The molecule has 0 bridgehead atoms. The Morgan fingerprint density at radius 1 is 1.08 bits per heavy atom. The molecule has 2 atom stereocenters. The van der Waals surface area contributed by atoms with Crippen molar-refractivity contribution >= 4 is 34.9 Å². The molecule has 2 aromatic rings. The Bertz CT molecular complexity index is 766. The molecule has 0 aliphatic rings. The van der Waals surface area contributed by atoms with Gasteiger partial charge in [-0.25, -0.2) is 0 Å². The molecule has 0 fully saturated rings. The van der Waals surface area contributed by atoms with E-state index in [1.807, 2.05) is 43.3 Å². The van der Waals surface area contributed by atoms with Gasteiger partial charge in [0.2, 0.25) is 5.91 Å². The predicted octanol–water partition coefficient (Wildman–Crippen LogP) is 3.96. The number of amides is 1. The third-order valence-corrected chi connectivity index (χ3v) is 4.67. The average molecular weight is 393 g/mol. The number of carbonyl (C=O) groups excluding carboxylic acids is 2. The van der Waals surface area contributed by atoms with Crippen LogP contribution < -0.4 is 10.6 Å². The van der Waals surface area contributed by atoms with E-state index in [1.54, 1.807) is 12.1 Å². The first-order valence-corrected chi connectivity index (χ1v) is 9.14. The number of carbonyl (C=O) groups is 2. The van der Waals surface area contributed by atoms with Gasteiger partial charge in [-0.1, -0.05) is 59.6 Å². The van der Waals surface area contributed by atoms with Crippen molar-refractivity contribution in [3.05, 3.63) is 69.7 Å². The summed E-state index contributed by atoms with van der Waals surface area (Å²) in [5.41, 5.74) is 1.86. The molecular weight excluding hydrogens is 371 g/mol. The van der Waals surface area contributed by atoms with Crippen molar-refractivity contribution in [1.29, 1.82) is 0 Å². The number of rotatable bonds is 8. The summed E-state index contributed by atoms with van der Waals surface area (Å²) >= 11 is 12.1. The number of halogens is 2. The Balaban J connectivity index is 1.90. The van der Waals surface area contributed by atoms with Crippen molar-refractivity contribution in [2.75, 3.05) is 6.54 Å². The van der Waals surface area contributed by atoms with Crippen LogP contribution in [0.25, 0.3) is 0 Å². The van der Waals surface area contributed by atoms with Crippen LogP contribution in [0.5, 0.6) is 0 Å². The van der Waals surface area contributed by atoms with E-state index >= 15 is 0 Å². The minimum Gasteiger partial charge on any atom is -0.345 e. The minimum absolute atomic E-state index is 0.0732. The van der Waals surface area contributed by atoms with Crippen LogP contribution in [0.3, 0.4) is 0 Å². The van der Waals surface area contributed by atoms with E-state index in [0.29, 0.717) is 16.5 Å². The van der Waals surface area contributed by atoms with Crippen molar-refractivity contribution in [3.8, 4) is 0 Å². The van der Waals surface area contributed by atoms with Gasteiger partial charge >= 0.3 is 0 Å². The van der Waals surface area contributed by atoms with E-state index in [9.17, 15) is 9.59 Å². The van der Waals surface area contributed by atoms with Crippen LogP contribution in [0, 0.1) is 0 Å². The van der Waals surface area contributed by atoms with Crippen LogP contribution >= 0.6 is 23.2 Å². The molecule has 0 aliphatic heterocycles. The first kappa shape index (κ1) is 20.4. The lowest BCUT2D eigenvalue weighted by atomic mass is 10.0. The van der Waals surface area contributed by atoms with Gasteiger partial charge in [-0.05, 0) is 43.5 Å². The predicted molar refractivity (Wildman–Crippen MR) is 106 cm³/mol. The van der Waals surface area contributed by atoms with Gasteiger partial charge in [0.05, 0.1) is 12.6 Å². The molecule has 2 rings (SSSR count). The van der Waals surface area contributed by atoms with Gasteiger partial charge in [0, 0.05) is 16.1 Å². The Labute approximate surface area is 163 Å². The molecule has 0 saturated heterocycles. The first-order chi connectivity index (χ1) is 12.4. The number of Topliss-reactive ketones (excluding diaryl/α,β-unsaturated/α-hetero) is 1. The maximum Gasteiger partial charge on any atom is 0.234 e. The molecule has 0 aromatic heterocycles. The lowest BCUT2D eigenvalue weighted by Gasteiger charge is -2.19. The maximum absolute atomic E-state index is 12.2. The van der Waals surface area contributed by atoms with E-state index < -0.39 is 6.04 Å². The molecule has 0 heterocycles. The number of benzene rings is 2. The van der Waals surface area contributed by atoms with Crippen LogP contribution in [0.15, 0.2) is 48.5 Å². The second kappa shape index (κ2) is 9.72. The minimum atomic E-state index is -0.541. The van der Waals surface area contributed by atoms with Gasteiger partial charge in [0.1, 0.15) is 0 Å². The highest BCUT2D eigenvalue weighted by atomic mass is 35.5. The largest absolute Gasteiger partial charge is 0.345 e. The summed E-state index contributed by atoms with van der Waals surface area (Å²) in [5.74, 6) is -0.311. The smallest absolute Gasteiger partial charge is 0.234 e. The first-order valence-electron chi connectivity index (χ1n) is 8.39. The van der Waals surface area contributed by atoms with E-state index in [-0.39, 0.29) is 24.3 Å². The maximum atomic E-state index is 12.2. The molecule has 2 N–H and O–H groups in total. The molecule has 1 amide bonds. The monoisotopic (exact) mass is 392 g/mol. The van der Waals surface area contributed by atoms with Crippen molar-refractivity contribution in [3.63, 3.8) is 0 Å². The van der Waals surface area contributed by atoms with Gasteiger partial charge < -0.3 is 10.6 Å². The van der Waals surface area contributed by atoms with Crippen LogP contribution in [0.4, 0.5) is 0 Å². The van der Waals surface area contributed by atoms with E-state index in [4.69, 9.17) is 23.2 Å². The summed E-state index contributed by atoms with van der Waals surface area (Å²) < 4.78 is 0. The quantitative estimate of drug-likeness (QED) is 0.714. The fourth-order valence-corrected chi connectivity index (χ4v) is 3.17. The average Bonchev–Trinajstić information content (AvgIpc) is 2.60. The topological polar surface area (TPSA) is 58.2 Å². The highest BCUT2D eigenvalue weighted by molar-refractivity contribution is 6.35. The Kier molecular flexibility index (Phi) is 7.64. The SMILES string of the molecule is CC(=O)[C@H](Cc1ccccc1)NC(=O)CN[C@@H](C)c1ccc(Cl)cc1Cl. The van der Waals surface area contributed by atoms with Crippen molar-refractivity contribution < 1.29 is 9.59 Å². The van der Waals surface area contributed by atoms with Gasteiger partial charge in [-0.3, -0.25) is 9.59 Å². The zero-order valence-electron chi connectivity index (χ0n) is 14.8. The second-order valence-electron chi connectivity index (χ2n) is 6.19.